The molecule has 26 heavy (non-hydrogen) atoms. The SMILES string of the molecule is CN(C)CCCCCCCCCCCCCCCCCCCCOC=O. The molecule has 0 radical (unpaired) electrons. The van der Waals surface area contributed by atoms with Crippen molar-refractivity contribution >= 4 is 6.47 Å². The van der Waals surface area contributed by atoms with Crippen LogP contribution in [0.2, 0.25) is 0 Å². The van der Waals surface area contributed by atoms with Crippen molar-refractivity contribution in [3.8, 4) is 0 Å². The standard InChI is InChI=1S/C23H47NO2/c1-24(2)21-19-17-15-13-11-9-7-5-3-4-6-8-10-12-14-16-18-20-22-26-23-25/h23H,3-22H2,1-2H3. The van der Waals surface area contributed by atoms with Gasteiger partial charge in [0.1, 0.15) is 0 Å². The van der Waals surface area contributed by atoms with E-state index in [9.17, 15) is 4.79 Å². The van der Waals surface area contributed by atoms with Crippen molar-refractivity contribution in [3.63, 3.8) is 0 Å². The molecule has 0 aliphatic carbocycles. The van der Waals surface area contributed by atoms with Gasteiger partial charge in [-0.3, -0.25) is 4.79 Å². The van der Waals surface area contributed by atoms with E-state index in [4.69, 9.17) is 4.74 Å². The number of nitrogens with zero attached hydrogens (tertiary/aromatic N) is 1. The van der Waals surface area contributed by atoms with Crippen LogP contribution in [0.1, 0.15) is 116 Å². The Labute approximate surface area is 164 Å². The minimum atomic E-state index is 0.550. The monoisotopic (exact) mass is 369 g/mol. The summed E-state index contributed by atoms with van der Waals surface area (Å²) in [5.41, 5.74) is 0. The van der Waals surface area contributed by atoms with Crippen LogP contribution in [0.4, 0.5) is 0 Å². The van der Waals surface area contributed by atoms with Gasteiger partial charge < -0.3 is 9.64 Å². The molecule has 0 rings (SSSR count). The van der Waals surface area contributed by atoms with Crippen molar-refractivity contribution in [2.24, 2.45) is 0 Å². The third kappa shape index (κ3) is 23.4. The second-order valence-corrected chi connectivity index (χ2v) is 8.13. The zero-order valence-electron chi connectivity index (χ0n) is 18.0. The molecule has 0 aromatic rings. The molecule has 0 atom stereocenters. The second-order valence-electron chi connectivity index (χ2n) is 8.13. The Morgan fingerprint density at radius 2 is 0.846 bits per heavy atom. The Hall–Kier alpha value is -0.570. The number of rotatable bonds is 22. The Bertz CT molecular complexity index is 269. The lowest BCUT2D eigenvalue weighted by molar-refractivity contribution is -0.128. The van der Waals surface area contributed by atoms with Gasteiger partial charge in [-0.2, -0.15) is 0 Å². The Morgan fingerprint density at radius 3 is 1.15 bits per heavy atom. The molecular weight excluding hydrogens is 322 g/mol. The zero-order chi connectivity index (χ0) is 19.1. The molecule has 0 bridgehead atoms. The van der Waals surface area contributed by atoms with Gasteiger partial charge in [-0.25, -0.2) is 0 Å². The number of hydrogen-bond acceptors (Lipinski definition) is 3. The highest BCUT2D eigenvalue weighted by Gasteiger charge is 1.96. The normalized spacial score (nSPS) is 11.2. The fourth-order valence-electron chi connectivity index (χ4n) is 3.49. The van der Waals surface area contributed by atoms with Crippen LogP contribution in [0.5, 0.6) is 0 Å². The molecule has 0 saturated heterocycles. The number of hydrogen-bond donors (Lipinski definition) is 0. The Morgan fingerprint density at radius 1 is 0.538 bits per heavy atom. The van der Waals surface area contributed by atoms with Crippen LogP contribution in [0.25, 0.3) is 0 Å². The van der Waals surface area contributed by atoms with Gasteiger partial charge in [0.2, 0.25) is 0 Å². The summed E-state index contributed by atoms with van der Waals surface area (Å²) in [5.74, 6) is 0. The van der Waals surface area contributed by atoms with Gasteiger partial charge in [0.15, 0.2) is 0 Å². The molecule has 0 aromatic heterocycles. The molecule has 0 saturated carbocycles. The first-order chi connectivity index (χ1) is 12.8. The third-order valence-electron chi connectivity index (χ3n) is 5.19. The summed E-state index contributed by atoms with van der Waals surface area (Å²) in [5, 5.41) is 0. The van der Waals surface area contributed by atoms with Gasteiger partial charge in [0, 0.05) is 0 Å². The van der Waals surface area contributed by atoms with Gasteiger partial charge >= 0.3 is 0 Å². The van der Waals surface area contributed by atoms with E-state index in [2.05, 4.69) is 19.0 Å². The van der Waals surface area contributed by atoms with E-state index in [1.807, 2.05) is 0 Å². The van der Waals surface area contributed by atoms with Crippen LogP contribution >= 0.6 is 0 Å². The summed E-state index contributed by atoms with van der Waals surface area (Å²) in [4.78, 5) is 12.3. The van der Waals surface area contributed by atoms with Gasteiger partial charge in [0.05, 0.1) is 6.61 Å². The largest absolute Gasteiger partial charge is 0.468 e. The molecule has 0 aliphatic rings. The van der Waals surface area contributed by atoms with E-state index in [0.29, 0.717) is 13.1 Å². The number of carbonyl (C=O) groups is 1. The Balaban J connectivity index is 2.98. The van der Waals surface area contributed by atoms with E-state index in [1.165, 1.54) is 116 Å². The molecule has 156 valence electrons. The maximum atomic E-state index is 9.99. The van der Waals surface area contributed by atoms with E-state index >= 15 is 0 Å². The van der Waals surface area contributed by atoms with Crippen molar-refractivity contribution in [1.82, 2.24) is 4.90 Å². The maximum Gasteiger partial charge on any atom is 0.293 e. The lowest BCUT2D eigenvalue weighted by Crippen LogP contribution is -2.12. The minimum Gasteiger partial charge on any atom is -0.468 e. The summed E-state index contributed by atoms with van der Waals surface area (Å²) in [6, 6.07) is 0. The molecule has 3 nitrogen and oxygen atoms in total. The first-order valence-corrected chi connectivity index (χ1v) is 11.5. The zero-order valence-corrected chi connectivity index (χ0v) is 18.0. The number of carbonyl (C=O) groups excluding carboxylic acids is 1. The summed E-state index contributed by atoms with van der Waals surface area (Å²) in [7, 11) is 4.33. The lowest BCUT2D eigenvalue weighted by atomic mass is 10.0. The number of unbranched alkanes of at least 4 members (excludes halogenated alkanes) is 17. The smallest absolute Gasteiger partial charge is 0.293 e. The predicted octanol–water partition coefficient (Wildman–Crippen LogP) is 6.74. The Kier molecular flexibility index (Phi) is 22.0. The highest BCUT2D eigenvalue weighted by Crippen LogP contribution is 2.14. The highest BCUT2D eigenvalue weighted by molar-refractivity contribution is 5.36. The minimum absolute atomic E-state index is 0.550. The van der Waals surface area contributed by atoms with Gasteiger partial charge in [0.25, 0.3) is 6.47 Å². The third-order valence-corrected chi connectivity index (χ3v) is 5.19. The van der Waals surface area contributed by atoms with Crippen LogP contribution in [0, 0.1) is 0 Å². The maximum absolute atomic E-state index is 9.99. The molecule has 0 aromatic carbocycles. The van der Waals surface area contributed by atoms with Gasteiger partial charge in [-0.1, -0.05) is 103 Å². The molecule has 0 aliphatic heterocycles. The summed E-state index contributed by atoms with van der Waals surface area (Å²) in [6.45, 7) is 2.40. The fourth-order valence-corrected chi connectivity index (χ4v) is 3.49. The van der Waals surface area contributed by atoms with Crippen molar-refractivity contribution < 1.29 is 9.53 Å². The first kappa shape index (κ1) is 25.4. The summed E-state index contributed by atoms with van der Waals surface area (Å²) in [6.07, 6.45) is 24.8. The molecule has 0 heterocycles. The lowest BCUT2D eigenvalue weighted by Gasteiger charge is -2.08. The van der Waals surface area contributed by atoms with Crippen LogP contribution in [0.15, 0.2) is 0 Å². The molecule has 3 heteroatoms. The van der Waals surface area contributed by atoms with Crippen molar-refractivity contribution in [3.05, 3.63) is 0 Å². The molecule has 0 unspecified atom stereocenters. The first-order valence-electron chi connectivity index (χ1n) is 11.5. The average Bonchev–Trinajstić information content (AvgIpc) is 2.62. The average molecular weight is 370 g/mol. The topological polar surface area (TPSA) is 29.5 Å². The second kappa shape index (κ2) is 22.5. The van der Waals surface area contributed by atoms with Gasteiger partial charge in [-0.05, 0) is 33.5 Å². The van der Waals surface area contributed by atoms with Crippen LogP contribution < -0.4 is 0 Å². The predicted molar refractivity (Wildman–Crippen MR) is 114 cm³/mol. The van der Waals surface area contributed by atoms with Crippen LogP contribution in [0.3, 0.4) is 0 Å². The quantitative estimate of drug-likeness (QED) is 0.156. The van der Waals surface area contributed by atoms with E-state index in [1.54, 1.807) is 0 Å². The molecule has 0 fully saturated rings. The fraction of sp³-hybridized carbons (Fsp3) is 0.957. The van der Waals surface area contributed by atoms with Crippen molar-refractivity contribution in [2.45, 2.75) is 116 Å². The molecule has 0 N–H and O–H groups in total. The number of ether oxygens (including phenoxy) is 1. The summed E-state index contributed by atoms with van der Waals surface area (Å²) >= 11 is 0. The summed E-state index contributed by atoms with van der Waals surface area (Å²) < 4.78 is 4.69. The van der Waals surface area contributed by atoms with Crippen LogP contribution in [-0.4, -0.2) is 38.6 Å². The van der Waals surface area contributed by atoms with Gasteiger partial charge in [-0.15, -0.1) is 0 Å². The molecule has 0 spiro atoms. The molecular formula is C23H47NO2. The van der Waals surface area contributed by atoms with Crippen molar-refractivity contribution in [2.75, 3.05) is 27.2 Å². The van der Waals surface area contributed by atoms with E-state index in [-0.39, 0.29) is 0 Å². The van der Waals surface area contributed by atoms with Crippen LogP contribution in [-0.2, 0) is 9.53 Å². The van der Waals surface area contributed by atoms with E-state index in [0.717, 1.165) is 6.42 Å². The van der Waals surface area contributed by atoms with Crippen molar-refractivity contribution in [1.29, 1.82) is 0 Å². The van der Waals surface area contributed by atoms with E-state index < -0.39 is 0 Å². The highest BCUT2D eigenvalue weighted by atomic mass is 16.5. The molecule has 0 amide bonds.